The van der Waals surface area contributed by atoms with Gasteiger partial charge in [-0.25, -0.2) is 14.3 Å². The smallest absolute Gasteiger partial charge is 0.323 e. The maximum atomic E-state index is 13.2. The molecule has 0 bridgehead atoms. The largest absolute Gasteiger partial charge is 0.497 e. The number of rotatable bonds is 7. The monoisotopic (exact) mass is 565 g/mol. The molecule has 0 fully saturated rings. The van der Waals surface area contributed by atoms with Gasteiger partial charge in [0.05, 0.1) is 12.7 Å². The first-order valence-electron chi connectivity index (χ1n) is 13.1. The number of hydrogen-bond donors (Lipinski definition) is 4. The molecule has 0 saturated heterocycles. The van der Waals surface area contributed by atoms with Crippen molar-refractivity contribution in [3.8, 4) is 28.4 Å². The van der Waals surface area contributed by atoms with Crippen LogP contribution in [-0.4, -0.2) is 39.2 Å². The van der Waals surface area contributed by atoms with Gasteiger partial charge in [-0.1, -0.05) is 24.3 Å². The summed E-state index contributed by atoms with van der Waals surface area (Å²) in [5.74, 6) is 1.83. The van der Waals surface area contributed by atoms with Crippen LogP contribution >= 0.6 is 0 Å². The minimum absolute atomic E-state index is 0.244. The van der Waals surface area contributed by atoms with Crippen molar-refractivity contribution in [2.75, 3.05) is 23.5 Å². The fraction of sp³-hybridized carbons (Fsp3) is 0.161. The van der Waals surface area contributed by atoms with Crippen LogP contribution in [0.5, 0.6) is 17.2 Å². The van der Waals surface area contributed by atoms with Crippen LogP contribution in [0.4, 0.5) is 22.0 Å². The molecule has 2 aromatic heterocycles. The number of methoxy groups -OCH3 is 1. The number of ether oxygens (including phenoxy) is 2. The van der Waals surface area contributed by atoms with Gasteiger partial charge in [-0.3, -0.25) is 4.79 Å². The number of carbonyl (C=O) groups is 2. The van der Waals surface area contributed by atoms with E-state index in [1.54, 1.807) is 72.4 Å². The highest BCUT2D eigenvalue weighted by atomic mass is 16.5. The minimum atomic E-state index is -0.443. The second kappa shape index (κ2) is 11.5. The second-order valence-electron chi connectivity index (χ2n) is 10.5. The molecule has 0 atom stereocenters. The Kier molecular flexibility index (Phi) is 7.65. The average Bonchev–Trinajstić information content (AvgIpc) is 3.34. The average molecular weight is 566 g/mol. The third kappa shape index (κ3) is 6.41. The SMILES string of the molecule is COc1cccc(Oc2cccc(NC(=O)Nc3ccc(-c4c(C(=O)NC(C)(C)C)cn5ncnc(N)c45)cc3)c2)c1. The van der Waals surface area contributed by atoms with E-state index in [1.807, 2.05) is 39.0 Å². The molecule has 5 aromatic rings. The van der Waals surface area contributed by atoms with E-state index in [9.17, 15) is 9.59 Å². The summed E-state index contributed by atoms with van der Waals surface area (Å²) < 4.78 is 12.7. The maximum Gasteiger partial charge on any atom is 0.323 e. The van der Waals surface area contributed by atoms with Crippen molar-refractivity contribution in [2.24, 2.45) is 0 Å². The zero-order valence-corrected chi connectivity index (χ0v) is 23.6. The Morgan fingerprint density at radius 3 is 2.26 bits per heavy atom. The van der Waals surface area contributed by atoms with Gasteiger partial charge in [0, 0.05) is 40.8 Å². The quantitative estimate of drug-likeness (QED) is 0.191. The third-order valence-electron chi connectivity index (χ3n) is 6.14. The summed E-state index contributed by atoms with van der Waals surface area (Å²) >= 11 is 0. The number of urea groups is 1. The van der Waals surface area contributed by atoms with E-state index in [2.05, 4.69) is 26.0 Å². The van der Waals surface area contributed by atoms with E-state index in [0.717, 1.165) is 0 Å². The van der Waals surface area contributed by atoms with Crippen molar-refractivity contribution in [2.45, 2.75) is 26.3 Å². The molecule has 0 aliphatic heterocycles. The van der Waals surface area contributed by atoms with Gasteiger partial charge in [-0.15, -0.1) is 0 Å². The lowest BCUT2D eigenvalue weighted by Crippen LogP contribution is -2.40. The normalized spacial score (nSPS) is 11.1. The lowest BCUT2D eigenvalue weighted by molar-refractivity contribution is 0.0920. The number of nitrogens with one attached hydrogen (secondary N) is 3. The fourth-order valence-electron chi connectivity index (χ4n) is 4.36. The van der Waals surface area contributed by atoms with Crippen LogP contribution in [0.15, 0.2) is 85.3 Å². The van der Waals surface area contributed by atoms with Crippen molar-refractivity contribution in [1.82, 2.24) is 19.9 Å². The number of nitrogens with two attached hydrogens (primary N) is 1. The van der Waals surface area contributed by atoms with Gasteiger partial charge >= 0.3 is 6.03 Å². The van der Waals surface area contributed by atoms with E-state index < -0.39 is 11.6 Å². The number of nitrogens with zero attached hydrogens (tertiary/aromatic N) is 3. The summed E-state index contributed by atoms with van der Waals surface area (Å²) in [6.07, 6.45) is 2.97. The van der Waals surface area contributed by atoms with Crippen molar-refractivity contribution < 1.29 is 19.1 Å². The van der Waals surface area contributed by atoms with Gasteiger partial charge in [-0.05, 0) is 62.7 Å². The van der Waals surface area contributed by atoms with Crippen LogP contribution in [0.2, 0.25) is 0 Å². The van der Waals surface area contributed by atoms with Crippen molar-refractivity contribution in [1.29, 1.82) is 0 Å². The molecule has 0 saturated carbocycles. The lowest BCUT2D eigenvalue weighted by Gasteiger charge is -2.20. The number of amides is 3. The van der Waals surface area contributed by atoms with Crippen LogP contribution in [-0.2, 0) is 0 Å². The van der Waals surface area contributed by atoms with Crippen LogP contribution in [0.25, 0.3) is 16.6 Å². The molecule has 2 heterocycles. The number of fused-ring (bicyclic) bond motifs is 1. The van der Waals surface area contributed by atoms with Crippen LogP contribution in [0, 0.1) is 0 Å². The summed E-state index contributed by atoms with van der Waals surface area (Å²) in [6.45, 7) is 5.72. The molecule has 0 radical (unpaired) electrons. The maximum absolute atomic E-state index is 13.2. The Morgan fingerprint density at radius 2 is 1.55 bits per heavy atom. The Balaban J connectivity index is 1.32. The predicted molar refractivity (Wildman–Crippen MR) is 162 cm³/mol. The molecule has 0 spiro atoms. The number of aromatic nitrogens is 3. The third-order valence-corrected chi connectivity index (χ3v) is 6.14. The highest BCUT2D eigenvalue weighted by molar-refractivity contribution is 6.07. The van der Waals surface area contributed by atoms with Crippen molar-refractivity contribution >= 4 is 34.6 Å². The van der Waals surface area contributed by atoms with Crippen molar-refractivity contribution in [3.63, 3.8) is 0 Å². The number of carbonyl (C=O) groups excluding carboxylic acids is 2. The van der Waals surface area contributed by atoms with Gasteiger partial charge in [0.25, 0.3) is 5.91 Å². The zero-order valence-electron chi connectivity index (χ0n) is 23.6. The van der Waals surface area contributed by atoms with Crippen LogP contribution in [0.1, 0.15) is 31.1 Å². The molecule has 0 unspecified atom stereocenters. The first-order chi connectivity index (χ1) is 20.1. The Bertz CT molecular complexity index is 1760. The molecule has 214 valence electrons. The second-order valence-corrected chi connectivity index (χ2v) is 10.5. The summed E-state index contributed by atoms with van der Waals surface area (Å²) in [5.41, 5.74) is 9.08. The van der Waals surface area contributed by atoms with E-state index in [-0.39, 0.29) is 11.7 Å². The van der Waals surface area contributed by atoms with Gasteiger partial charge in [0.2, 0.25) is 0 Å². The molecule has 5 rings (SSSR count). The van der Waals surface area contributed by atoms with Crippen molar-refractivity contribution in [3.05, 3.63) is 90.9 Å². The molecule has 5 N–H and O–H groups in total. The van der Waals surface area contributed by atoms with Gasteiger partial charge in [-0.2, -0.15) is 5.10 Å². The lowest BCUT2D eigenvalue weighted by atomic mass is 10.0. The van der Waals surface area contributed by atoms with E-state index in [1.165, 1.54) is 6.33 Å². The fourth-order valence-corrected chi connectivity index (χ4v) is 4.36. The predicted octanol–water partition coefficient (Wildman–Crippen LogP) is 5.95. The molecule has 0 aliphatic carbocycles. The van der Waals surface area contributed by atoms with E-state index >= 15 is 0 Å². The summed E-state index contributed by atoms with van der Waals surface area (Å²) in [5, 5.41) is 12.9. The minimum Gasteiger partial charge on any atom is -0.497 e. The molecule has 3 aromatic carbocycles. The Labute approximate surface area is 242 Å². The molecule has 0 aliphatic rings. The molecule has 11 heteroatoms. The van der Waals surface area contributed by atoms with E-state index in [0.29, 0.717) is 50.8 Å². The molecular weight excluding hydrogens is 534 g/mol. The standard InChI is InChI=1S/C31H31N7O4/c1-31(2,3)37-29(39)25-17-38-27(28(32)33-18-34-38)26(25)19-11-13-20(14-12-19)35-30(40)36-21-7-5-9-23(15-21)42-24-10-6-8-22(16-24)41-4/h5-18H,1-4H3,(H,37,39)(H2,32,33,34)(H2,35,36,40). The molecular formula is C31H31N7O4. The van der Waals surface area contributed by atoms with E-state index in [4.69, 9.17) is 15.2 Å². The summed E-state index contributed by atoms with van der Waals surface area (Å²) in [4.78, 5) is 30.1. The first-order valence-corrected chi connectivity index (χ1v) is 13.1. The number of anilines is 3. The van der Waals surface area contributed by atoms with Gasteiger partial charge < -0.3 is 31.2 Å². The Hall–Kier alpha value is -5.58. The summed E-state index contributed by atoms with van der Waals surface area (Å²) in [7, 11) is 1.59. The zero-order chi connectivity index (χ0) is 29.9. The first kappa shape index (κ1) is 28.0. The van der Waals surface area contributed by atoms with Gasteiger partial charge in [0.1, 0.15) is 29.1 Å². The van der Waals surface area contributed by atoms with Crippen LogP contribution in [0.3, 0.4) is 0 Å². The summed E-state index contributed by atoms with van der Waals surface area (Å²) in [6, 6.07) is 21.0. The highest BCUT2D eigenvalue weighted by Crippen LogP contribution is 2.33. The molecule has 42 heavy (non-hydrogen) atoms. The van der Waals surface area contributed by atoms with Crippen LogP contribution < -0.4 is 31.2 Å². The number of hydrogen-bond acceptors (Lipinski definition) is 7. The number of benzene rings is 3. The molecule has 11 nitrogen and oxygen atoms in total. The highest BCUT2D eigenvalue weighted by Gasteiger charge is 2.24. The Morgan fingerprint density at radius 1 is 0.881 bits per heavy atom. The molecule has 3 amide bonds. The number of nitrogen functional groups attached to an aromatic ring is 1. The van der Waals surface area contributed by atoms with Gasteiger partial charge in [0.15, 0.2) is 5.82 Å². The topological polar surface area (TPSA) is 145 Å².